The second-order valence-electron chi connectivity index (χ2n) is 8.68. The quantitative estimate of drug-likeness (QED) is 0.427. The molecule has 1 aliphatic heterocycles. The Morgan fingerprint density at radius 3 is 2.91 bits per heavy atom. The van der Waals surface area contributed by atoms with Crippen molar-refractivity contribution in [3.63, 3.8) is 0 Å². The Morgan fingerprint density at radius 2 is 2.03 bits per heavy atom. The van der Waals surface area contributed by atoms with Gasteiger partial charge < -0.3 is 20.2 Å². The highest BCUT2D eigenvalue weighted by Crippen LogP contribution is 2.29. The van der Waals surface area contributed by atoms with Crippen molar-refractivity contribution in [2.75, 3.05) is 31.5 Å². The number of hydrogen-bond acceptors (Lipinski definition) is 5. The van der Waals surface area contributed by atoms with Gasteiger partial charge in [-0.05, 0) is 55.4 Å². The summed E-state index contributed by atoms with van der Waals surface area (Å²) in [5, 5.41) is 7.64. The molecule has 0 amide bonds. The van der Waals surface area contributed by atoms with E-state index in [0.717, 1.165) is 78.2 Å². The lowest BCUT2D eigenvalue weighted by atomic mass is 10.0. The van der Waals surface area contributed by atoms with E-state index >= 15 is 0 Å². The minimum atomic E-state index is 0.0261. The molecule has 5 rings (SSSR count). The molecule has 7 nitrogen and oxygen atoms in total. The van der Waals surface area contributed by atoms with Crippen LogP contribution in [0.5, 0.6) is 0 Å². The van der Waals surface area contributed by atoms with Crippen molar-refractivity contribution in [3.05, 3.63) is 82.7 Å². The van der Waals surface area contributed by atoms with E-state index in [1.54, 1.807) is 10.8 Å². The molecule has 1 aliphatic rings. The Balaban J connectivity index is 1.45. The number of H-pyrrole nitrogens is 1. The fraction of sp³-hybridized carbons (Fsp3) is 0.308. The highest BCUT2D eigenvalue weighted by molar-refractivity contribution is 5.94. The number of pyridine rings is 2. The van der Waals surface area contributed by atoms with Gasteiger partial charge in [0.1, 0.15) is 0 Å². The van der Waals surface area contributed by atoms with Crippen LogP contribution < -0.4 is 16.2 Å². The average molecular weight is 443 g/mol. The first-order chi connectivity index (χ1) is 16.2. The van der Waals surface area contributed by atoms with Gasteiger partial charge in [-0.2, -0.15) is 0 Å². The van der Waals surface area contributed by atoms with Crippen LogP contribution in [0.15, 0.2) is 65.7 Å². The van der Waals surface area contributed by atoms with Crippen LogP contribution in [0.3, 0.4) is 0 Å². The average Bonchev–Trinajstić information content (AvgIpc) is 3.09. The van der Waals surface area contributed by atoms with E-state index in [0.29, 0.717) is 6.54 Å². The number of fused-ring (bicyclic) bond motifs is 1. The molecule has 1 fully saturated rings. The maximum Gasteiger partial charge on any atom is 0.259 e. The van der Waals surface area contributed by atoms with Gasteiger partial charge in [-0.1, -0.05) is 18.2 Å². The van der Waals surface area contributed by atoms with E-state index in [4.69, 9.17) is 0 Å². The molecule has 1 saturated heterocycles. The molecule has 0 atom stereocenters. The fourth-order valence-corrected chi connectivity index (χ4v) is 4.49. The monoisotopic (exact) mass is 442 g/mol. The summed E-state index contributed by atoms with van der Waals surface area (Å²) in [7, 11) is 1.82. The number of aryl methyl sites for hydroxylation is 1. The van der Waals surface area contributed by atoms with Gasteiger partial charge in [0.15, 0.2) is 0 Å². The van der Waals surface area contributed by atoms with Crippen LogP contribution in [0, 0.1) is 0 Å². The Kier molecular flexibility index (Phi) is 6.24. The third-order valence-corrected chi connectivity index (χ3v) is 6.22. The lowest BCUT2D eigenvalue weighted by molar-refractivity contribution is 0.282. The molecule has 3 N–H and O–H groups in total. The van der Waals surface area contributed by atoms with Crippen LogP contribution in [-0.2, 0) is 20.1 Å². The second-order valence-corrected chi connectivity index (χ2v) is 8.68. The van der Waals surface area contributed by atoms with Crippen molar-refractivity contribution in [2.24, 2.45) is 7.05 Å². The van der Waals surface area contributed by atoms with Gasteiger partial charge in [0.05, 0.1) is 23.1 Å². The SMILES string of the molecule is Cn1cc(-c2cccc(NCc3ccccn3)c2)c2[nH]c(CN3CCCNCC3)cc2c1=O. The molecule has 0 radical (unpaired) electrons. The molecule has 0 aliphatic carbocycles. The first-order valence-electron chi connectivity index (χ1n) is 11.6. The molecule has 4 aromatic rings. The number of nitrogens with zero attached hydrogens (tertiary/aromatic N) is 3. The smallest absolute Gasteiger partial charge is 0.259 e. The van der Waals surface area contributed by atoms with Crippen molar-refractivity contribution in [3.8, 4) is 11.1 Å². The van der Waals surface area contributed by atoms with E-state index in [1.807, 2.05) is 43.6 Å². The number of rotatable bonds is 6. The Bertz CT molecular complexity index is 1290. The van der Waals surface area contributed by atoms with E-state index in [1.165, 1.54) is 0 Å². The zero-order valence-corrected chi connectivity index (χ0v) is 19.0. The van der Waals surface area contributed by atoms with Gasteiger partial charge in [-0.25, -0.2) is 0 Å². The summed E-state index contributed by atoms with van der Waals surface area (Å²) in [4.78, 5) is 23.3. The number of benzene rings is 1. The highest BCUT2D eigenvalue weighted by Gasteiger charge is 2.15. The molecule has 0 bridgehead atoms. The molecule has 170 valence electrons. The molecule has 3 aromatic heterocycles. The van der Waals surface area contributed by atoms with E-state index in [9.17, 15) is 4.79 Å². The summed E-state index contributed by atoms with van der Waals surface area (Å²) in [5.41, 5.74) is 6.11. The minimum Gasteiger partial charge on any atom is -0.379 e. The lowest BCUT2D eigenvalue weighted by Gasteiger charge is -2.18. The van der Waals surface area contributed by atoms with Gasteiger partial charge in [-0.3, -0.25) is 14.7 Å². The Labute approximate surface area is 193 Å². The summed E-state index contributed by atoms with van der Waals surface area (Å²) in [6, 6.07) is 16.3. The highest BCUT2D eigenvalue weighted by atomic mass is 16.1. The van der Waals surface area contributed by atoms with Crippen LogP contribution in [0.25, 0.3) is 22.0 Å². The van der Waals surface area contributed by atoms with Crippen LogP contribution in [-0.4, -0.2) is 45.6 Å². The van der Waals surface area contributed by atoms with Crippen LogP contribution in [0.4, 0.5) is 5.69 Å². The number of nitrogens with one attached hydrogen (secondary N) is 3. The Hall–Kier alpha value is -3.42. The van der Waals surface area contributed by atoms with Crippen LogP contribution >= 0.6 is 0 Å². The lowest BCUT2D eigenvalue weighted by Crippen LogP contribution is -2.27. The predicted molar refractivity (Wildman–Crippen MR) is 133 cm³/mol. The zero-order chi connectivity index (χ0) is 22.6. The van der Waals surface area contributed by atoms with Gasteiger partial charge in [-0.15, -0.1) is 0 Å². The van der Waals surface area contributed by atoms with Crippen molar-refractivity contribution < 1.29 is 0 Å². The van der Waals surface area contributed by atoms with Crippen LogP contribution in [0.1, 0.15) is 17.8 Å². The summed E-state index contributed by atoms with van der Waals surface area (Å²) < 4.78 is 1.68. The summed E-state index contributed by atoms with van der Waals surface area (Å²) >= 11 is 0. The maximum absolute atomic E-state index is 12.9. The standard InChI is InChI=1S/C26H30N6O/c1-31-18-24(19-6-4-8-20(14-19)29-16-21-7-2-3-10-28-21)25-23(26(31)33)15-22(30-25)17-32-12-5-9-27-11-13-32/h2-4,6-8,10,14-15,18,27,29-30H,5,9,11-13,16-17H2,1H3. The molecule has 0 unspecified atom stereocenters. The van der Waals surface area contributed by atoms with Crippen molar-refractivity contribution in [1.82, 2.24) is 24.8 Å². The molecule has 1 aromatic carbocycles. The number of aromatic nitrogens is 3. The van der Waals surface area contributed by atoms with E-state index in [2.05, 4.69) is 43.7 Å². The van der Waals surface area contributed by atoms with Gasteiger partial charge >= 0.3 is 0 Å². The molecular weight excluding hydrogens is 412 g/mol. The van der Waals surface area contributed by atoms with Gasteiger partial charge in [0.2, 0.25) is 0 Å². The molecule has 7 heteroatoms. The van der Waals surface area contributed by atoms with Crippen molar-refractivity contribution >= 4 is 16.6 Å². The molecule has 33 heavy (non-hydrogen) atoms. The summed E-state index contributed by atoms with van der Waals surface area (Å²) in [6.07, 6.45) is 4.88. The molecule has 0 spiro atoms. The third-order valence-electron chi connectivity index (χ3n) is 6.22. The number of anilines is 1. The minimum absolute atomic E-state index is 0.0261. The topological polar surface area (TPSA) is 78.0 Å². The largest absolute Gasteiger partial charge is 0.379 e. The van der Waals surface area contributed by atoms with Crippen LogP contribution in [0.2, 0.25) is 0 Å². The predicted octanol–water partition coefficient (Wildman–Crippen LogP) is 3.34. The van der Waals surface area contributed by atoms with Crippen molar-refractivity contribution in [2.45, 2.75) is 19.5 Å². The van der Waals surface area contributed by atoms with Crippen molar-refractivity contribution in [1.29, 1.82) is 0 Å². The Morgan fingerprint density at radius 1 is 1.09 bits per heavy atom. The summed E-state index contributed by atoms with van der Waals surface area (Å²) in [5.74, 6) is 0. The third kappa shape index (κ3) is 4.84. The molecule has 4 heterocycles. The van der Waals surface area contributed by atoms with Gasteiger partial charge in [0, 0.05) is 56.0 Å². The zero-order valence-electron chi connectivity index (χ0n) is 19.0. The first-order valence-corrected chi connectivity index (χ1v) is 11.6. The van der Waals surface area contributed by atoms with Gasteiger partial charge in [0.25, 0.3) is 5.56 Å². The fourth-order valence-electron chi connectivity index (χ4n) is 4.49. The number of aromatic amines is 1. The normalized spacial score (nSPS) is 14.9. The molecule has 0 saturated carbocycles. The first kappa shape index (κ1) is 21.4. The maximum atomic E-state index is 12.9. The van der Waals surface area contributed by atoms with E-state index in [-0.39, 0.29) is 5.56 Å². The van der Waals surface area contributed by atoms with E-state index < -0.39 is 0 Å². The summed E-state index contributed by atoms with van der Waals surface area (Å²) in [6.45, 7) is 5.64. The molecular formula is C26H30N6O. The number of hydrogen-bond donors (Lipinski definition) is 3. The second kappa shape index (κ2) is 9.60.